The maximum absolute atomic E-state index is 13.0. The van der Waals surface area contributed by atoms with Gasteiger partial charge in [0.2, 0.25) is 11.6 Å². The molecule has 3 aromatic rings. The van der Waals surface area contributed by atoms with Gasteiger partial charge in [-0.1, -0.05) is 19.1 Å². The third kappa shape index (κ3) is 5.39. The number of furan rings is 1. The van der Waals surface area contributed by atoms with E-state index in [1.165, 1.54) is 29.2 Å². The first-order chi connectivity index (χ1) is 14.0. The molecule has 7 nitrogen and oxygen atoms in total. The molecule has 0 radical (unpaired) electrons. The number of halogens is 1. The van der Waals surface area contributed by atoms with Crippen molar-refractivity contribution in [2.24, 2.45) is 0 Å². The van der Waals surface area contributed by atoms with Crippen molar-refractivity contribution in [3.05, 3.63) is 77.5 Å². The van der Waals surface area contributed by atoms with Crippen LogP contribution in [-0.2, 0) is 11.2 Å². The van der Waals surface area contributed by atoms with Gasteiger partial charge in [0.15, 0.2) is 11.5 Å². The zero-order valence-corrected chi connectivity index (χ0v) is 16.2. The summed E-state index contributed by atoms with van der Waals surface area (Å²) in [5, 5.41) is 14.3. The Morgan fingerprint density at radius 2 is 2.07 bits per heavy atom. The number of aliphatic hydroxyl groups is 1. The van der Waals surface area contributed by atoms with Gasteiger partial charge in [0.1, 0.15) is 24.1 Å². The number of hydrogen-bond acceptors (Lipinski definition) is 6. The lowest BCUT2D eigenvalue weighted by atomic mass is 10.1. The number of carbonyl (C=O) groups excluding carboxylic acids is 1. The van der Waals surface area contributed by atoms with E-state index in [2.05, 4.69) is 10.1 Å². The second-order valence-corrected chi connectivity index (χ2v) is 6.48. The molecule has 0 spiro atoms. The Kier molecular flexibility index (Phi) is 6.56. The van der Waals surface area contributed by atoms with Crippen LogP contribution in [0.1, 0.15) is 54.2 Å². The molecule has 8 heteroatoms. The van der Waals surface area contributed by atoms with E-state index in [0.717, 1.165) is 18.1 Å². The van der Waals surface area contributed by atoms with E-state index in [9.17, 15) is 14.3 Å². The maximum atomic E-state index is 13.0. The molecule has 0 saturated heterocycles. The van der Waals surface area contributed by atoms with Gasteiger partial charge in [0.05, 0.1) is 0 Å². The first-order valence-corrected chi connectivity index (χ1v) is 9.27. The average molecular weight is 399 g/mol. The normalized spacial score (nSPS) is 12.9. The summed E-state index contributed by atoms with van der Waals surface area (Å²) in [4.78, 5) is 16.4. The number of nitrogens with zero attached hydrogens (tertiary/aromatic N) is 3. The van der Waals surface area contributed by atoms with E-state index in [4.69, 9.17) is 9.15 Å². The molecule has 0 saturated carbocycles. The molecule has 29 heavy (non-hydrogen) atoms. The lowest BCUT2D eigenvalue weighted by molar-refractivity contribution is 0.00789. The van der Waals surface area contributed by atoms with Crippen LogP contribution in [0.2, 0.25) is 0 Å². The number of allylic oxidation sites excluding steroid dienone is 1. The summed E-state index contributed by atoms with van der Waals surface area (Å²) in [7, 11) is 0. The minimum absolute atomic E-state index is 0.0170. The van der Waals surface area contributed by atoms with Gasteiger partial charge < -0.3 is 14.3 Å². The molecule has 0 fully saturated rings. The Labute approximate surface area is 167 Å². The van der Waals surface area contributed by atoms with Gasteiger partial charge in [-0.25, -0.2) is 14.1 Å². The van der Waals surface area contributed by atoms with Gasteiger partial charge >= 0.3 is 0 Å². The van der Waals surface area contributed by atoms with Crippen molar-refractivity contribution in [3.63, 3.8) is 0 Å². The van der Waals surface area contributed by atoms with Crippen LogP contribution in [0, 0.1) is 5.82 Å². The number of aromatic nitrogens is 3. The summed E-state index contributed by atoms with van der Waals surface area (Å²) in [6, 6.07) is 9.23. The molecule has 0 bridgehead atoms. The predicted octanol–water partition coefficient (Wildman–Crippen LogP) is 4.33. The summed E-state index contributed by atoms with van der Waals surface area (Å²) in [5.74, 6) is -0.548. The minimum atomic E-state index is -0.514. The van der Waals surface area contributed by atoms with Crippen LogP contribution in [0.15, 0.2) is 53.2 Å². The average Bonchev–Trinajstić information content (AvgIpc) is 3.38. The Bertz CT molecular complexity index is 992. The van der Waals surface area contributed by atoms with Crippen molar-refractivity contribution < 1.29 is 23.4 Å². The zero-order chi connectivity index (χ0) is 20.8. The molecule has 1 N–H and O–H groups in total. The van der Waals surface area contributed by atoms with Crippen molar-refractivity contribution in [3.8, 4) is 0 Å². The fourth-order valence-corrected chi connectivity index (χ4v) is 2.60. The molecule has 2 heterocycles. The molecule has 0 aliphatic carbocycles. The lowest BCUT2D eigenvalue weighted by Gasteiger charge is -2.11. The molecule has 2 aromatic heterocycles. The van der Waals surface area contributed by atoms with Crippen LogP contribution in [0.4, 0.5) is 4.39 Å². The minimum Gasteiger partial charge on any atom is -0.504 e. The Hall–Kier alpha value is -3.26. The zero-order valence-electron chi connectivity index (χ0n) is 16.2. The molecular formula is C21H22FN3O4. The fourth-order valence-electron chi connectivity index (χ4n) is 2.60. The van der Waals surface area contributed by atoms with E-state index in [0.29, 0.717) is 18.8 Å². The van der Waals surface area contributed by atoms with E-state index < -0.39 is 5.78 Å². The Balaban J connectivity index is 1.66. The van der Waals surface area contributed by atoms with Crippen molar-refractivity contribution in [1.82, 2.24) is 14.8 Å². The van der Waals surface area contributed by atoms with Crippen molar-refractivity contribution in [2.45, 2.75) is 32.9 Å². The number of rotatable bonds is 9. The first-order valence-electron chi connectivity index (χ1n) is 9.27. The van der Waals surface area contributed by atoms with Gasteiger partial charge in [-0.15, -0.1) is 5.10 Å². The largest absolute Gasteiger partial charge is 0.504 e. The summed E-state index contributed by atoms with van der Waals surface area (Å²) in [5.41, 5.74) is 0.854. The number of benzene rings is 1. The van der Waals surface area contributed by atoms with Gasteiger partial charge in [-0.2, -0.15) is 0 Å². The van der Waals surface area contributed by atoms with Gasteiger partial charge in [0, 0.05) is 19.1 Å². The van der Waals surface area contributed by atoms with Crippen LogP contribution in [-0.4, -0.2) is 32.3 Å². The molecule has 152 valence electrons. The lowest BCUT2D eigenvalue weighted by Crippen LogP contribution is -2.10. The van der Waals surface area contributed by atoms with E-state index in [1.54, 1.807) is 18.2 Å². The van der Waals surface area contributed by atoms with Gasteiger partial charge in [0.25, 0.3) is 0 Å². The quantitative estimate of drug-likeness (QED) is 0.327. The Morgan fingerprint density at radius 3 is 2.79 bits per heavy atom. The fraction of sp³-hybridized carbons (Fsp3) is 0.286. The monoisotopic (exact) mass is 399 g/mol. The highest BCUT2D eigenvalue weighted by molar-refractivity contribution is 6.05. The molecule has 1 unspecified atom stereocenters. The highest BCUT2D eigenvalue weighted by atomic mass is 19.1. The SMILES string of the molecule is CCCOC(C)n1cnc(/C(O)=C/C(=O)c2ccc(Cc3ccc(F)cc3)o2)n1. The highest BCUT2D eigenvalue weighted by Gasteiger charge is 2.15. The summed E-state index contributed by atoms with van der Waals surface area (Å²) >= 11 is 0. The Morgan fingerprint density at radius 1 is 1.31 bits per heavy atom. The van der Waals surface area contributed by atoms with E-state index in [-0.39, 0.29) is 29.4 Å². The van der Waals surface area contributed by atoms with Crippen molar-refractivity contribution in [1.29, 1.82) is 0 Å². The van der Waals surface area contributed by atoms with Crippen LogP contribution >= 0.6 is 0 Å². The standard InChI is InChI=1S/C21H22FN3O4/c1-3-10-28-14(2)25-13-23-21(24-25)19(27)12-18(26)20-9-8-17(29-20)11-15-4-6-16(22)7-5-15/h4-9,12-14,27H,3,10-11H2,1-2H3/b19-12-. The van der Waals surface area contributed by atoms with Crippen LogP contribution in [0.5, 0.6) is 0 Å². The number of carbonyl (C=O) groups is 1. The second-order valence-electron chi connectivity index (χ2n) is 6.48. The molecular weight excluding hydrogens is 377 g/mol. The number of ketones is 1. The third-order valence-corrected chi connectivity index (χ3v) is 4.14. The maximum Gasteiger partial charge on any atom is 0.224 e. The number of ether oxygens (including phenoxy) is 1. The number of aliphatic hydroxyl groups excluding tert-OH is 1. The van der Waals surface area contributed by atoms with Crippen LogP contribution in [0.3, 0.4) is 0 Å². The van der Waals surface area contributed by atoms with Gasteiger partial charge in [-0.3, -0.25) is 4.79 Å². The summed E-state index contributed by atoms with van der Waals surface area (Å²) in [6.07, 6.45) is 3.40. The van der Waals surface area contributed by atoms with Crippen LogP contribution in [0.25, 0.3) is 5.76 Å². The second kappa shape index (κ2) is 9.29. The molecule has 0 amide bonds. The van der Waals surface area contributed by atoms with Gasteiger partial charge in [-0.05, 0) is 43.2 Å². The summed E-state index contributed by atoms with van der Waals surface area (Å²) < 4.78 is 25.5. The highest BCUT2D eigenvalue weighted by Crippen LogP contribution is 2.16. The third-order valence-electron chi connectivity index (χ3n) is 4.14. The van der Waals surface area contributed by atoms with Crippen LogP contribution < -0.4 is 0 Å². The predicted molar refractivity (Wildman–Crippen MR) is 104 cm³/mol. The van der Waals surface area contributed by atoms with Crippen molar-refractivity contribution >= 4 is 11.5 Å². The number of hydrogen-bond donors (Lipinski definition) is 1. The molecule has 0 aliphatic heterocycles. The first kappa shape index (κ1) is 20.5. The smallest absolute Gasteiger partial charge is 0.224 e. The molecule has 1 atom stereocenters. The van der Waals surface area contributed by atoms with Crippen molar-refractivity contribution in [2.75, 3.05) is 6.61 Å². The molecule has 1 aromatic carbocycles. The molecule has 0 aliphatic rings. The topological polar surface area (TPSA) is 90.4 Å². The summed E-state index contributed by atoms with van der Waals surface area (Å²) in [6.45, 7) is 4.39. The van der Waals surface area contributed by atoms with E-state index >= 15 is 0 Å². The van der Waals surface area contributed by atoms with E-state index in [1.807, 2.05) is 13.8 Å². The molecule has 3 rings (SSSR count).